The molecule has 4 heteroatoms. The van der Waals surface area contributed by atoms with Gasteiger partial charge in [-0.2, -0.15) is 0 Å². The molecule has 2 nitrogen and oxygen atoms in total. The van der Waals surface area contributed by atoms with E-state index < -0.39 is 0 Å². The topological polar surface area (TPSA) is 29.3 Å². The molecule has 1 saturated heterocycles. The van der Waals surface area contributed by atoms with Gasteiger partial charge in [-0.15, -0.1) is 23.2 Å². The van der Waals surface area contributed by atoms with E-state index in [1.54, 1.807) is 0 Å². The summed E-state index contributed by atoms with van der Waals surface area (Å²) in [5.74, 6) is 0.648. The standard InChI is InChI=1S/C16H26N2.CH2Cl2/c1-13(2)12-15(17)14-8-4-5-9-16(14)18-10-6-3-7-11-18;2-1-3/h4-5,8-9,13,15H,3,6-7,10-12,17H2,1-2H3;1H2. The van der Waals surface area contributed by atoms with Gasteiger partial charge in [-0.25, -0.2) is 0 Å². The van der Waals surface area contributed by atoms with E-state index in [0.717, 1.165) is 6.42 Å². The Labute approximate surface area is 139 Å². The Morgan fingerprint density at radius 1 is 1.10 bits per heavy atom. The number of nitrogens with zero attached hydrogens (tertiary/aromatic N) is 1. The van der Waals surface area contributed by atoms with Gasteiger partial charge in [0, 0.05) is 24.8 Å². The van der Waals surface area contributed by atoms with Gasteiger partial charge in [0.25, 0.3) is 0 Å². The Hall–Kier alpha value is -0.440. The van der Waals surface area contributed by atoms with Crippen LogP contribution >= 0.6 is 23.2 Å². The van der Waals surface area contributed by atoms with E-state index in [1.165, 1.54) is 43.6 Å². The molecule has 2 N–H and O–H groups in total. The minimum absolute atomic E-state index is 0.170. The van der Waals surface area contributed by atoms with Crippen LogP contribution < -0.4 is 10.6 Å². The summed E-state index contributed by atoms with van der Waals surface area (Å²) in [5, 5.41) is 0.194. The first-order chi connectivity index (χ1) is 10.1. The van der Waals surface area contributed by atoms with Gasteiger partial charge in [0.15, 0.2) is 0 Å². The number of anilines is 1. The molecule has 1 atom stereocenters. The first kappa shape index (κ1) is 18.6. The summed E-state index contributed by atoms with van der Waals surface area (Å²) in [6.07, 6.45) is 5.06. The second-order valence-electron chi connectivity index (χ2n) is 5.94. The zero-order valence-corrected chi connectivity index (χ0v) is 14.7. The van der Waals surface area contributed by atoms with Crippen LogP contribution in [-0.4, -0.2) is 18.4 Å². The van der Waals surface area contributed by atoms with E-state index in [-0.39, 0.29) is 11.4 Å². The second kappa shape index (κ2) is 10.3. The zero-order chi connectivity index (χ0) is 15.7. The predicted molar refractivity (Wildman–Crippen MR) is 95.5 cm³/mol. The average molecular weight is 331 g/mol. The molecule has 0 aromatic heterocycles. The third-order valence-electron chi connectivity index (χ3n) is 3.76. The van der Waals surface area contributed by atoms with Gasteiger partial charge in [-0.05, 0) is 43.2 Å². The lowest BCUT2D eigenvalue weighted by molar-refractivity contribution is 0.506. The van der Waals surface area contributed by atoms with Crippen molar-refractivity contribution in [2.75, 3.05) is 23.3 Å². The maximum atomic E-state index is 6.38. The van der Waals surface area contributed by atoms with Crippen LogP contribution in [0.15, 0.2) is 24.3 Å². The smallest absolute Gasteiger partial charge is 0.0967 e. The molecule has 120 valence electrons. The molecule has 0 aliphatic carbocycles. The maximum absolute atomic E-state index is 6.38. The Morgan fingerprint density at radius 2 is 1.67 bits per heavy atom. The van der Waals surface area contributed by atoms with E-state index in [4.69, 9.17) is 28.9 Å². The fraction of sp³-hybridized carbons (Fsp3) is 0.647. The highest BCUT2D eigenvalue weighted by molar-refractivity contribution is 6.40. The van der Waals surface area contributed by atoms with Crippen molar-refractivity contribution in [3.05, 3.63) is 29.8 Å². The molecule has 1 fully saturated rings. The molecule has 1 aromatic carbocycles. The molecule has 0 saturated carbocycles. The van der Waals surface area contributed by atoms with Crippen molar-refractivity contribution in [2.45, 2.75) is 45.6 Å². The normalized spacial score (nSPS) is 16.4. The van der Waals surface area contributed by atoms with Crippen LogP contribution in [0.25, 0.3) is 0 Å². The summed E-state index contributed by atoms with van der Waals surface area (Å²) >= 11 is 9.53. The molecule has 1 aliphatic rings. The minimum Gasteiger partial charge on any atom is -0.371 e. The van der Waals surface area contributed by atoms with Crippen LogP contribution in [0.4, 0.5) is 5.69 Å². The molecule has 0 radical (unpaired) electrons. The molecule has 1 aliphatic heterocycles. The van der Waals surface area contributed by atoms with E-state index >= 15 is 0 Å². The van der Waals surface area contributed by atoms with Crippen molar-refractivity contribution in [1.82, 2.24) is 0 Å². The van der Waals surface area contributed by atoms with Gasteiger partial charge in [0.1, 0.15) is 0 Å². The molecule has 1 unspecified atom stereocenters. The Balaban J connectivity index is 0.000000677. The maximum Gasteiger partial charge on any atom is 0.0967 e. The predicted octanol–water partition coefficient (Wildman–Crippen LogP) is 5.14. The number of para-hydroxylation sites is 1. The monoisotopic (exact) mass is 330 g/mol. The Morgan fingerprint density at radius 3 is 2.24 bits per heavy atom. The molecule has 0 spiro atoms. The second-order valence-corrected chi connectivity index (χ2v) is 6.75. The molecule has 0 amide bonds. The fourth-order valence-corrected chi connectivity index (χ4v) is 2.86. The number of halogens is 2. The summed E-state index contributed by atoms with van der Waals surface area (Å²) in [6.45, 7) is 6.85. The van der Waals surface area contributed by atoms with Crippen molar-refractivity contribution < 1.29 is 0 Å². The lowest BCUT2D eigenvalue weighted by atomic mass is 9.95. The average Bonchev–Trinajstić information content (AvgIpc) is 2.48. The number of benzene rings is 1. The van der Waals surface area contributed by atoms with Gasteiger partial charge >= 0.3 is 0 Å². The summed E-state index contributed by atoms with van der Waals surface area (Å²) in [4.78, 5) is 2.51. The molecule has 2 rings (SSSR count). The molecular formula is C17H28Cl2N2. The summed E-state index contributed by atoms with van der Waals surface area (Å²) in [5.41, 5.74) is 9.07. The number of alkyl halides is 2. The van der Waals surface area contributed by atoms with Gasteiger partial charge in [-0.1, -0.05) is 32.0 Å². The summed E-state index contributed by atoms with van der Waals surface area (Å²) < 4.78 is 0. The van der Waals surface area contributed by atoms with Crippen molar-refractivity contribution in [2.24, 2.45) is 11.7 Å². The van der Waals surface area contributed by atoms with E-state index in [2.05, 4.69) is 43.0 Å². The number of hydrogen-bond acceptors (Lipinski definition) is 2. The van der Waals surface area contributed by atoms with E-state index in [1.807, 2.05) is 0 Å². The molecule has 0 bridgehead atoms. The SMILES string of the molecule is CC(C)CC(N)c1ccccc1N1CCCCC1.ClCCl. The highest BCUT2D eigenvalue weighted by atomic mass is 35.5. The first-order valence-electron chi connectivity index (χ1n) is 7.81. The van der Waals surface area contributed by atoms with Crippen LogP contribution in [0.1, 0.15) is 51.1 Å². The molecule has 1 heterocycles. The van der Waals surface area contributed by atoms with Crippen LogP contribution in [0.3, 0.4) is 0 Å². The van der Waals surface area contributed by atoms with Gasteiger partial charge in [0.2, 0.25) is 0 Å². The van der Waals surface area contributed by atoms with Gasteiger partial charge in [0.05, 0.1) is 5.34 Å². The number of rotatable bonds is 4. The fourth-order valence-electron chi connectivity index (χ4n) is 2.86. The van der Waals surface area contributed by atoms with Crippen molar-refractivity contribution in [3.63, 3.8) is 0 Å². The van der Waals surface area contributed by atoms with Crippen LogP contribution in [0.5, 0.6) is 0 Å². The summed E-state index contributed by atoms with van der Waals surface area (Å²) in [6, 6.07) is 8.86. The van der Waals surface area contributed by atoms with E-state index in [0.29, 0.717) is 5.92 Å². The first-order valence-corrected chi connectivity index (χ1v) is 8.88. The molecular weight excluding hydrogens is 303 g/mol. The lowest BCUT2D eigenvalue weighted by Crippen LogP contribution is -2.31. The van der Waals surface area contributed by atoms with Crippen LogP contribution in [0.2, 0.25) is 0 Å². The third kappa shape index (κ3) is 6.46. The third-order valence-corrected chi connectivity index (χ3v) is 3.76. The van der Waals surface area contributed by atoms with Crippen molar-refractivity contribution in [1.29, 1.82) is 0 Å². The lowest BCUT2D eigenvalue weighted by Gasteiger charge is -2.32. The highest BCUT2D eigenvalue weighted by Gasteiger charge is 2.18. The Kier molecular flexibility index (Phi) is 9.14. The highest BCUT2D eigenvalue weighted by Crippen LogP contribution is 2.30. The zero-order valence-electron chi connectivity index (χ0n) is 13.2. The molecule has 21 heavy (non-hydrogen) atoms. The van der Waals surface area contributed by atoms with Crippen molar-refractivity contribution >= 4 is 28.9 Å². The van der Waals surface area contributed by atoms with E-state index in [9.17, 15) is 0 Å². The minimum atomic E-state index is 0.170. The van der Waals surface area contributed by atoms with Crippen LogP contribution in [-0.2, 0) is 0 Å². The van der Waals surface area contributed by atoms with Crippen LogP contribution in [0, 0.1) is 5.92 Å². The van der Waals surface area contributed by atoms with Gasteiger partial charge in [-0.3, -0.25) is 0 Å². The number of nitrogens with two attached hydrogens (primary N) is 1. The summed E-state index contributed by atoms with van der Waals surface area (Å²) in [7, 11) is 0. The number of piperidine rings is 1. The number of hydrogen-bond donors (Lipinski definition) is 1. The quantitative estimate of drug-likeness (QED) is 0.774. The van der Waals surface area contributed by atoms with Gasteiger partial charge < -0.3 is 10.6 Å². The molecule has 1 aromatic rings. The Bertz CT molecular complexity index is 390. The largest absolute Gasteiger partial charge is 0.371 e. The van der Waals surface area contributed by atoms with Crippen molar-refractivity contribution in [3.8, 4) is 0 Å².